The normalized spacial score (nSPS) is 21.2. The number of aliphatic imine (C=N–C) groups is 1. The summed E-state index contributed by atoms with van der Waals surface area (Å²) in [6, 6.07) is 8.44. The second-order valence-corrected chi connectivity index (χ2v) is 11.8. The minimum atomic E-state index is -4.58. The zero-order chi connectivity index (χ0) is 30.2. The number of nitrogens with zero attached hydrogens (tertiary/aromatic N) is 2. The fourth-order valence-corrected chi connectivity index (χ4v) is 5.61. The van der Waals surface area contributed by atoms with Crippen LogP contribution in [0.4, 0.5) is 17.6 Å². The van der Waals surface area contributed by atoms with Crippen molar-refractivity contribution in [3.63, 3.8) is 0 Å². The monoisotopic (exact) mass is 575 g/mol. The maximum absolute atomic E-state index is 15.0. The van der Waals surface area contributed by atoms with Gasteiger partial charge in [0, 0.05) is 18.7 Å². The van der Waals surface area contributed by atoms with Gasteiger partial charge in [-0.3, -0.25) is 19.4 Å². The van der Waals surface area contributed by atoms with Crippen molar-refractivity contribution in [2.75, 3.05) is 6.54 Å². The third kappa shape index (κ3) is 6.60. The van der Waals surface area contributed by atoms with Crippen LogP contribution in [-0.4, -0.2) is 45.7 Å². The molecule has 7 nitrogen and oxygen atoms in total. The molecule has 0 saturated heterocycles. The number of carbonyl (C=O) groups excluding carboxylic acids is 2. The van der Waals surface area contributed by atoms with E-state index in [1.54, 1.807) is 0 Å². The zero-order valence-corrected chi connectivity index (χ0v) is 23.1. The highest BCUT2D eigenvalue weighted by Crippen LogP contribution is 2.47. The standard InChI is InChI=1S/C30H33F4N3O4/c1-28(2,3)20-9-12-29(13-10-20)36-25(19-5-4-6-21(16-19)30(32,33)34)27(41)37(29)17-18-7-8-22(23(31)15-18)26(40)35-14-11-24(38)39/h4-8,15-16,20H,9-14,17H2,1-3H3,(H,35,40)(H,38,39). The number of carboxylic acid groups (broad SMARTS) is 1. The summed E-state index contributed by atoms with van der Waals surface area (Å²) in [4.78, 5) is 43.0. The van der Waals surface area contributed by atoms with Crippen LogP contribution in [0.25, 0.3) is 0 Å². The Kier molecular flexibility index (Phi) is 8.29. The van der Waals surface area contributed by atoms with E-state index in [1.807, 2.05) is 0 Å². The Morgan fingerprint density at radius 1 is 1.10 bits per heavy atom. The van der Waals surface area contributed by atoms with E-state index < -0.39 is 41.0 Å². The van der Waals surface area contributed by atoms with Gasteiger partial charge in [-0.25, -0.2) is 4.39 Å². The molecule has 0 atom stereocenters. The number of amides is 2. The summed E-state index contributed by atoms with van der Waals surface area (Å²) in [7, 11) is 0. The summed E-state index contributed by atoms with van der Waals surface area (Å²) in [6.45, 7) is 6.22. The van der Waals surface area contributed by atoms with E-state index in [4.69, 9.17) is 10.1 Å². The number of carboxylic acids is 1. The number of nitrogens with one attached hydrogen (secondary N) is 1. The number of rotatable bonds is 7. The Labute approximate surface area is 235 Å². The average Bonchev–Trinajstić information content (AvgIpc) is 3.14. The van der Waals surface area contributed by atoms with Gasteiger partial charge >= 0.3 is 12.1 Å². The Morgan fingerprint density at radius 3 is 2.37 bits per heavy atom. The lowest BCUT2D eigenvalue weighted by molar-refractivity contribution is -0.138. The van der Waals surface area contributed by atoms with Crippen molar-refractivity contribution >= 4 is 23.5 Å². The van der Waals surface area contributed by atoms with Crippen LogP contribution in [0.15, 0.2) is 47.5 Å². The van der Waals surface area contributed by atoms with Gasteiger partial charge in [0.25, 0.3) is 11.8 Å². The largest absolute Gasteiger partial charge is 0.481 e. The van der Waals surface area contributed by atoms with Crippen molar-refractivity contribution in [2.45, 2.75) is 71.3 Å². The molecule has 1 spiro atoms. The van der Waals surface area contributed by atoms with E-state index >= 15 is 0 Å². The molecule has 0 unspecified atom stereocenters. The van der Waals surface area contributed by atoms with Crippen molar-refractivity contribution in [2.24, 2.45) is 16.3 Å². The molecule has 220 valence electrons. The Morgan fingerprint density at radius 2 is 1.78 bits per heavy atom. The van der Waals surface area contributed by atoms with E-state index in [2.05, 4.69) is 26.1 Å². The first kappa shape index (κ1) is 30.2. The number of aliphatic carboxylic acids is 1. The van der Waals surface area contributed by atoms with Gasteiger partial charge in [-0.05, 0) is 66.8 Å². The van der Waals surface area contributed by atoms with Gasteiger partial charge in [0.15, 0.2) is 0 Å². The summed E-state index contributed by atoms with van der Waals surface area (Å²) in [5.41, 5.74) is -1.69. The van der Waals surface area contributed by atoms with E-state index in [1.165, 1.54) is 29.2 Å². The van der Waals surface area contributed by atoms with E-state index in [0.717, 1.165) is 31.0 Å². The Bertz CT molecular complexity index is 1370. The topological polar surface area (TPSA) is 99.1 Å². The molecule has 1 heterocycles. The molecule has 2 amide bonds. The minimum Gasteiger partial charge on any atom is -0.481 e. The van der Waals surface area contributed by atoms with Crippen LogP contribution in [0.5, 0.6) is 0 Å². The molecule has 4 rings (SSSR count). The predicted octanol–water partition coefficient (Wildman–Crippen LogP) is 5.81. The Balaban J connectivity index is 1.63. The third-order valence-electron chi connectivity index (χ3n) is 7.99. The first-order valence-electron chi connectivity index (χ1n) is 13.5. The second-order valence-electron chi connectivity index (χ2n) is 11.8. The molecule has 1 fully saturated rings. The second kappa shape index (κ2) is 11.3. The fourth-order valence-electron chi connectivity index (χ4n) is 5.61. The molecule has 2 aromatic carbocycles. The van der Waals surface area contributed by atoms with Crippen LogP contribution in [0.3, 0.4) is 0 Å². The van der Waals surface area contributed by atoms with Crippen LogP contribution < -0.4 is 5.32 Å². The molecule has 11 heteroatoms. The summed E-state index contributed by atoms with van der Waals surface area (Å²) in [5.74, 6) is -2.87. The SMILES string of the molecule is CC(C)(C)C1CCC2(CC1)N=C(c1cccc(C(F)(F)F)c1)C(=O)N2Cc1ccc(C(=O)NCCC(=O)O)c(F)c1. The van der Waals surface area contributed by atoms with E-state index in [-0.39, 0.29) is 41.8 Å². The highest BCUT2D eigenvalue weighted by atomic mass is 19.4. The van der Waals surface area contributed by atoms with Gasteiger partial charge in [-0.1, -0.05) is 39.0 Å². The van der Waals surface area contributed by atoms with Crippen molar-refractivity contribution in [1.82, 2.24) is 10.2 Å². The fraction of sp³-hybridized carbons (Fsp3) is 0.467. The van der Waals surface area contributed by atoms with Gasteiger partial charge in [0.2, 0.25) is 0 Å². The van der Waals surface area contributed by atoms with Gasteiger partial charge in [-0.15, -0.1) is 0 Å². The van der Waals surface area contributed by atoms with Crippen LogP contribution in [0, 0.1) is 17.2 Å². The molecule has 0 bridgehead atoms. The van der Waals surface area contributed by atoms with Gasteiger partial charge in [-0.2, -0.15) is 13.2 Å². The number of alkyl halides is 3. The first-order valence-corrected chi connectivity index (χ1v) is 13.5. The van der Waals surface area contributed by atoms with E-state index in [9.17, 15) is 31.9 Å². The lowest BCUT2D eigenvalue weighted by atomic mass is 9.69. The summed E-state index contributed by atoms with van der Waals surface area (Å²) in [5, 5.41) is 11.1. The minimum absolute atomic E-state index is 0.0344. The summed E-state index contributed by atoms with van der Waals surface area (Å²) >= 11 is 0. The van der Waals surface area contributed by atoms with Crippen LogP contribution in [-0.2, 0) is 22.3 Å². The number of benzene rings is 2. The molecule has 1 aliphatic carbocycles. The molecule has 1 saturated carbocycles. The van der Waals surface area contributed by atoms with Crippen LogP contribution in [0.2, 0.25) is 0 Å². The number of hydrogen-bond donors (Lipinski definition) is 2. The smallest absolute Gasteiger partial charge is 0.416 e. The number of halogens is 4. The van der Waals surface area contributed by atoms with Gasteiger partial charge < -0.3 is 15.3 Å². The summed E-state index contributed by atoms with van der Waals surface area (Å²) in [6.07, 6.45) is -2.35. The maximum Gasteiger partial charge on any atom is 0.416 e. The van der Waals surface area contributed by atoms with Gasteiger partial charge in [0.05, 0.1) is 17.5 Å². The van der Waals surface area contributed by atoms with Crippen molar-refractivity contribution in [3.8, 4) is 0 Å². The molecule has 1 aliphatic heterocycles. The van der Waals surface area contributed by atoms with Gasteiger partial charge in [0.1, 0.15) is 17.2 Å². The molecule has 2 aliphatic rings. The lowest BCUT2D eigenvalue weighted by Gasteiger charge is -2.44. The average molecular weight is 576 g/mol. The molecular weight excluding hydrogens is 542 g/mol. The highest BCUT2D eigenvalue weighted by molar-refractivity contribution is 6.46. The molecule has 0 radical (unpaired) electrons. The molecule has 41 heavy (non-hydrogen) atoms. The predicted molar refractivity (Wildman–Crippen MR) is 144 cm³/mol. The first-order chi connectivity index (χ1) is 19.1. The number of carbonyl (C=O) groups is 3. The highest BCUT2D eigenvalue weighted by Gasteiger charge is 2.50. The summed E-state index contributed by atoms with van der Waals surface area (Å²) < 4.78 is 55.2. The zero-order valence-electron chi connectivity index (χ0n) is 23.1. The van der Waals surface area contributed by atoms with Crippen molar-refractivity contribution in [3.05, 3.63) is 70.5 Å². The molecule has 0 aromatic heterocycles. The van der Waals surface area contributed by atoms with Crippen LogP contribution >= 0.6 is 0 Å². The third-order valence-corrected chi connectivity index (χ3v) is 7.99. The maximum atomic E-state index is 15.0. The van der Waals surface area contributed by atoms with Crippen molar-refractivity contribution < 1.29 is 37.1 Å². The van der Waals surface area contributed by atoms with Crippen LogP contribution in [0.1, 0.15) is 79.9 Å². The quantitative estimate of drug-likeness (QED) is 0.407. The molecule has 2 aromatic rings. The lowest BCUT2D eigenvalue weighted by Crippen LogP contribution is -2.49. The molecule has 2 N–H and O–H groups in total. The molecular formula is C30H33F4N3O4. The Hall–Kier alpha value is -3.76. The van der Waals surface area contributed by atoms with E-state index in [0.29, 0.717) is 24.3 Å². The number of hydrogen-bond acceptors (Lipinski definition) is 4. The van der Waals surface area contributed by atoms with Crippen molar-refractivity contribution in [1.29, 1.82) is 0 Å².